The van der Waals surface area contributed by atoms with Crippen molar-refractivity contribution in [2.24, 2.45) is 0 Å². The molecule has 3 heterocycles. The van der Waals surface area contributed by atoms with Crippen molar-refractivity contribution in [3.8, 4) is 5.69 Å². The number of hydrogen-bond acceptors (Lipinski definition) is 4. The highest BCUT2D eigenvalue weighted by Crippen LogP contribution is 2.40. The highest BCUT2D eigenvalue weighted by Gasteiger charge is 2.39. The average Bonchev–Trinajstić information content (AvgIpc) is 3.15. The van der Waals surface area contributed by atoms with Gasteiger partial charge in [0, 0.05) is 23.5 Å². The van der Waals surface area contributed by atoms with Gasteiger partial charge in [0.05, 0.1) is 7.06 Å². The van der Waals surface area contributed by atoms with E-state index in [2.05, 4.69) is 15.5 Å². The molecule has 6 nitrogen and oxygen atoms in total. The first kappa shape index (κ1) is 12.3. The van der Waals surface area contributed by atoms with E-state index in [-0.39, 0.29) is 23.9 Å². The number of amides is 1. The molecule has 112 valence electrons. The van der Waals surface area contributed by atoms with Gasteiger partial charge in [-0.25, -0.2) is 4.68 Å². The Balaban J connectivity index is 1.83. The molecule has 0 aliphatic carbocycles. The minimum Gasteiger partial charge on any atom is -0.335 e. The predicted octanol–water partition coefficient (Wildman–Crippen LogP) is 1.96. The lowest BCUT2D eigenvalue weighted by Crippen LogP contribution is -2.38. The molecule has 2 aliphatic rings. The van der Waals surface area contributed by atoms with Crippen molar-refractivity contribution in [3.63, 3.8) is 0 Å². The molecule has 7 heteroatoms. The molecular weight excluding hydrogens is 302 g/mol. The smallest absolute Gasteiger partial charge is 0.246 e. The molecule has 2 aromatic rings. The molecule has 4 rings (SSSR count). The quantitative estimate of drug-likeness (QED) is 0.849. The van der Waals surface area contributed by atoms with Gasteiger partial charge >= 0.3 is 0 Å². The first-order valence-electron chi connectivity index (χ1n) is 7.65. The number of benzene rings is 1. The van der Waals surface area contributed by atoms with Crippen molar-refractivity contribution in [1.29, 1.82) is 0 Å². The number of rotatable bonds is 2. The molecule has 2 unspecified atom stereocenters. The van der Waals surface area contributed by atoms with E-state index < -0.39 is 0 Å². The number of hydrogen-bond donors (Lipinski definition) is 0. The van der Waals surface area contributed by atoms with Crippen LogP contribution in [-0.4, -0.2) is 43.6 Å². The fraction of sp³-hybridized carbons (Fsp3) is 0.333. The summed E-state index contributed by atoms with van der Waals surface area (Å²) in [5.74, 6) is 0.173. The largest absolute Gasteiger partial charge is 0.335 e. The van der Waals surface area contributed by atoms with Gasteiger partial charge in [0.2, 0.25) is 5.91 Å². The Morgan fingerprint density at radius 1 is 1.45 bits per heavy atom. The van der Waals surface area contributed by atoms with Gasteiger partial charge in [0.25, 0.3) is 0 Å². The van der Waals surface area contributed by atoms with Crippen molar-refractivity contribution >= 4 is 17.5 Å². The predicted molar refractivity (Wildman–Crippen MR) is 80.8 cm³/mol. The number of nitrogens with zero attached hydrogens (tertiary/aromatic N) is 5. The second-order valence-electron chi connectivity index (χ2n) is 5.51. The van der Waals surface area contributed by atoms with Crippen LogP contribution in [0.3, 0.4) is 0 Å². The van der Waals surface area contributed by atoms with Gasteiger partial charge in [-0.3, -0.25) is 4.79 Å². The van der Waals surface area contributed by atoms with E-state index >= 15 is 0 Å². The molecule has 0 bridgehead atoms. The van der Waals surface area contributed by atoms with Crippen LogP contribution in [0.25, 0.3) is 5.69 Å². The van der Waals surface area contributed by atoms with Gasteiger partial charge in [0.1, 0.15) is 6.33 Å². The Hall–Kier alpha value is -2.21. The van der Waals surface area contributed by atoms with Crippen LogP contribution in [0.1, 0.15) is 25.7 Å². The third-order valence-corrected chi connectivity index (χ3v) is 4.58. The molecule has 1 amide bonds. The van der Waals surface area contributed by atoms with Crippen LogP contribution < -0.4 is 0 Å². The third kappa shape index (κ3) is 2.11. The van der Waals surface area contributed by atoms with Gasteiger partial charge in [0.15, 0.2) is 0 Å². The normalized spacial score (nSPS) is 24.5. The molecule has 2 atom stereocenters. The number of carbonyl (C=O) groups is 1. The number of aromatic nitrogens is 4. The van der Waals surface area contributed by atoms with Crippen molar-refractivity contribution in [3.05, 3.63) is 47.2 Å². The maximum Gasteiger partial charge on any atom is 0.246 e. The van der Waals surface area contributed by atoms with Crippen molar-refractivity contribution in [1.82, 2.24) is 25.1 Å². The lowest BCUT2D eigenvalue weighted by Gasteiger charge is -2.30. The lowest BCUT2D eigenvalue weighted by molar-refractivity contribution is -0.127. The third-order valence-electron chi connectivity index (χ3n) is 4.36. The second kappa shape index (κ2) is 5.21. The van der Waals surface area contributed by atoms with Gasteiger partial charge < -0.3 is 4.90 Å². The summed E-state index contributed by atoms with van der Waals surface area (Å²) >= 11 is 6.19. The van der Waals surface area contributed by atoms with Gasteiger partial charge in [-0.2, -0.15) is 0 Å². The molecule has 1 aromatic heterocycles. The summed E-state index contributed by atoms with van der Waals surface area (Å²) in [5, 5.41) is 11.8. The highest BCUT2D eigenvalue weighted by molar-refractivity contribution is 6.30. The fourth-order valence-corrected chi connectivity index (χ4v) is 3.58. The maximum atomic E-state index is 12.0. The van der Waals surface area contributed by atoms with E-state index in [4.69, 9.17) is 13.0 Å². The van der Waals surface area contributed by atoms with Gasteiger partial charge in [-0.1, -0.05) is 17.7 Å². The molecule has 1 aromatic carbocycles. The zero-order valence-corrected chi connectivity index (χ0v) is 12.4. The minimum absolute atomic E-state index is 0.0563. The minimum atomic E-state index is 0.0563. The lowest BCUT2D eigenvalue weighted by atomic mass is 9.88. The average molecular weight is 317 g/mol. The summed E-state index contributed by atoms with van der Waals surface area (Å²) in [6.45, 7) is 0.716. The topological polar surface area (TPSA) is 63.9 Å². The molecule has 0 saturated carbocycles. The molecule has 2 aliphatic heterocycles. The molecule has 0 spiro atoms. The maximum absolute atomic E-state index is 12.0. The van der Waals surface area contributed by atoms with Gasteiger partial charge in [-0.05, 0) is 53.1 Å². The number of fused-ring (bicyclic) bond motifs is 1. The van der Waals surface area contributed by atoms with Crippen LogP contribution in [0.2, 0.25) is 5.02 Å². The number of halogens is 1. The molecular formula is C15H14ClN5O. The van der Waals surface area contributed by atoms with E-state index in [9.17, 15) is 4.79 Å². The first-order valence-corrected chi connectivity index (χ1v) is 7.53. The Kier molecular flexibility index (Phi) is 2.92. The fourth-order valence-electron chi connectivity index (χ4n) is 3.41. The van der Waals surface area contributed by atoms with E-state index in [0.29, 0.717) is 17.3 Å². The Labute approximate surface area is 133 Å². The van der Waals surface area contributed by atoms with E-state index in [1.165, 1.54) is 11.0 Å². The van der Waals surface area contributed by atoms with Crippen LogP contribution in [0.5, 0.6) is 0 Å². The van der Waals surface area contributed by atoms with Crippen molar-refractivity contribution < 1.29 is 6.17 Å². The van der Waals surface area contributed by atoms with E-state index in [1.807, 2.05) is 17.0 Å². The summed E-state index contributed by atoms with van der Waals surface area (Å²) in [4.78, 5) is 13.9. The molecule has 1 fully saturated rings. The van der Waals surface area contributed by atoms with Crippen LogP contribution in [-0.2, 0) is 4.79 Å². The van der Waals surface area contributed by atoms with E-state index in [1.54, 1.807) is 12.1 Å². The summed E-state index contributed by atoms with van der Waals surface area (Å²) < 4.78 is 9.77. The highest BCUT2D eigenvalue weighted by atomic mass is 35.5. The SMILES string of the molecule is [2H]c1cc(Cl)cc(C2CCN3C(=O)C=CCC23)c1-n1cnnn1. The summed E-state index contributed by atoms with van der Waals surface area (Å²) in [7, 11) is 0. The van der Waals surface area contributed by atoms with E-state index in [0.717, 1.165) is 18.4 Å². The van der Waals surface area contributed by atoms with Crippen LogP contribution in [0.15, 0.2) is 36.7 Å². The van der Waals surface area contributed by atoms with Gasteiger partial charge in [-0.15, -0.1) is 5.10 Å². The van der Waals surface area contributed by atoms with Crippen molar-refractivity contribution in [2.45, 2.75) is 24.8 Å². The summed E-state index contributed by atoms with van der Waals surface area (Å²) in [6.07, 6.45) is 6.68. The summed E-state index contributed by atoms with van der Waals surface area (Å²) in [6, 6.07) is 3.82. The first-order chi connectivity index (χ1) is 11.1. The molecule has 1 saturated heterocycles. The van der Waals surface area contributed by atoms with Crippen LogP contribution in [0, 0.1) is 0 Å². The standard InChI is InChI=1S/C15H14ClN5O/c16-10-4-5-14(21-9-17-18-19-21)12(8-10)11-6-7-20-13(11)2-1-3-15(20)22/h1,3-5,8-9,11,13H,2,6-7H2/i5D. The van der Waals surface area contributed by atoms with Crippen LogP contribution in [0.4, 0.5) is 0 Å². The Bertz CT molecular complexity index is 791. The Morgan fingerprint density at radius 3 is 3.18 bits per heavy atom. The Morgan fingerprint density at radius 2 is 2.36 bits per heavy atom. The molecule has 22 heavy (non-hydrogen) atoms. The molecule has 0 radical (unpaired) electrons. The zero-order chi connectivity index (χ0) is 16.0. The van der Waals surface area contributed by atoms with Crippen molar-refractivity contribution in [2.75, 3.05) is 6.54 Å². The monoisotopic (exact) mass is 316 g/mol. The zero-order valence-electron chi connectivity index (χ0n) is 12.7. The second-order valence-corrected chi connectivity index (χ2v) is 5.94. The summed E-state index contributed by atoms with van der Waals surface area (Å²) in [5.41, 5.74) is 1.55. The molecule has 0 N–H and O–H groups in total. The van der Waals surface area contributed by atoms with Crippen LogP contribution >= 0.6 is 11.6 Å². The number of tetrazole rings is 1. The number of carbonyl (C=O) groups excluding carboxylic acids is 1.